The SMILES string of the molecule is Cc1ccc(C)c2c1NC(C)C(CN)S2(=O)=O. The Balaban J connectivity index is 2.75. The Bertz CT molecular complexity index is 552. The third-order valence-corrected chi connectivity index (χ3v) is 5.90. The van der Waals surface area contributed by atoms with Gasteiger partial charge in [-0.1, -0.05) is 12.1 Å². The molecule has 0 aliphatic carbocycles. The Morgan fingerprint density at radius 3 is 2.47 bits per heavy atom. The number of hydrogen-bond donors (Lipinski definition) is 2. The number of sulfone groups is 1. The number of rotatable bonds is 1. The molecular formula is C12H18N2O2S. The van der Waals surface area contributed by atoms with Crippen molar-refractivity contribution in [3.05, 3.63) is 23.3 Å². The first-order valence-corrected chi connectivity index (χ1v) is 7.25. The van der Waals surface area contributed by atoms with E-state index in [1.165, 1.54) is 0 Å². The molecule has 2 rings (SSSR count). The van der Waals surface area contributed by atoms with E-state index in [9.17, 15) is 8.42 Å². The summed E-state index contributed by atoms with van der Waals surface area (Å²) in [6.45, 7) is 5.74. The van der Waals surface area contributed by atoms with Crippen LogP contribution in [0.25, 0.3) is 0 Å². The van der Waals surface area contributed by atoms with Crippen LogP contribution in [0.1, 0.15) is 18.1 Å². The van der Waals surface area contributed by atoms with Crippen LogP contribution >= 0.6 is 0 Å². The lowest BCUT2D eigenvalue weighted by Gasteiger charge is -2.33. The summed E-state index contributed by atoms with van der Waals surface area (Å²) in [5, 5.41) is 2.72. The van der Waals surface area contributed by atoms with Crippen molar-refractivity contribution in [3.63, 3.8) is 0 Å². The Kier molecular flexibility index (Phi) is 2.91. The van der Waals surface area contributed by atoms with Crippen LogP contribution in [0.5, 0.6) is 0 Å². The van der Waals surface area contributed by atoms with Crippen molar-refractivity contribution in [1.82, 2.24) is 0 Å². The number of nitrogens with one attached hydrogen (secondary N) is 1. The molecule has 1 aliphatic heterocycles. The van der Waals surface area contributed by atoms with E-state index in [0.717, 1.165) is 16.8 Å². The molecule has 94 valence electrons. The van der Waals surface area contributed by atoms with Crippen LogP contribution < -0.4 is 11.1 Å². The molecule has 0 saturated carbocycles. The van der Waals surface area contributed by atoms with E-state index < -0.39 is 15.1 Å². The van der Waals surface area contributed by atoms with Gasteiger partial charge in [-0.3, -0.25) is 0 Å². The molecule has 2 atom stereocenters. The molecule has 0 amide bonds. The summed E-state index contributed by atoms with van der Waals surface area (Å²) < 4.78 is 25.0. The number of fused-ring (bicyclic) bond motifs is 1. The second-order valence-corrected chi connectivity index (χ2v) is 6.76. The van der Waals surface area contributed by atoms with Crippen LogP contribution in [0.15, 0.2) is 17.0 Å². The fourth-order valence-electron chi connectivity index (χ4n) is 2.40. The highest BCUT2D eigenvalue weighted by Crippen LogP contribution is 2.36. The molecule has 4 nitrogen and oxygen atoms in total. The maximum Gasteiger partial charge on any atom is 0.186 e. The van der Waals surface area contributed by atoms with Gasteiger partial charge in [-0.25, -0.2) is 8.42 Å². The van der Waals surface area contributed by atoms with Crippen molar-refractivity contribution in [3.8, 4) is 0 Å². The first kappa shape index (κ1) is 12.4. The normalized spacial score (nSPS) is 26.1. The average Bonchev–Trinajstić information content (AvgIpc) is 2.22. The van der Waals surface area contributed by atoms with Crippen LogP contribution in [-0.2, 0) is 9.84 Å². The summed E-state index contributed by atoms with van der Waals surface area (Å²) in [5.41, 5.74) is 8.07. The van der Waals surface area contributed by atoms with Crippen molar-refractivity contribution >= 4 is 15.5 Å². The number of aryl methyl sites for hydroxylation is 2. The van der Waals surface area contributed by atoms with E-state index in [-0.39, 0.29) is 12.6 Å². The number of benzene rings is 1. The van der Waals surface area contributed by atoms with Gasteiger partial charge < -0.3 is 11.1 Å². The second kappa shape index (κ2) is 3.99. The predicted molar refractivity (Wildman–Crippen MR) is 69.0 cm³/mol. The van der Waals surface area contributed by atoms with Gasteiger partial charge in [0.15, 0.2) is 9.84 Å². The molecular weight excluding hydrogens is 236 g/mol. The van der Waals surface area contributed by atoms with Gasteiger partial charge in [-0.15, -0.1) is 0 Å². The lowest BCUT2D eigenvalue weighted by Crippen LogP contribution is -2.46. The molecule has 1 aromatic rings. The predicted octanol–water partition coefficient (Wildman–Crippen LogP) is 1.22. The summed E-state index contributed by atoms with van der Waals surface area (Å²) in [7, 11) is -3.32. The van der Waals surface area contributed by atoms with Crippen LogP contribution in [0.2, 0.25) is 0 Å². The van der Waals surface area contributed by atoms with Gasteiger partial charge in [0.2, 0.25) is 0 Å². The minimum atomic E-state index is -3.32. The van der Waals surface area contributed by atoms with Gasteiger partial charge in [-0.05, 0) is 31.9 Å². The number of hydrogen-bond acceptors (Lipinski definition) is 4. The Morgan fingerprint density at radius 1 is 1.29 bits per heavy atom. The highest BCUT2D eigenvalue weighted by molar-refractivity contribution is 7.92. The van der Waals surface area contributed by atoms with Crippen LogP contribution in [-0.4, -0.2) is 26.3 Å². The molecule has 1 heterocycles. The summed E-state index contributed by atoms with van der Waals surface area (Å²) >= 11 is 0. The fraction of sp³-hybridized carbons (Fsp3) is 0.500. The highest BCUT2D eigenvalue weighted by Gasteiger charge is 2.39. The quantitative estimate of drug-likeness (QED) is 0.790. The molecule has 3 N–H and O–H groups in total. The molecule has 17 heavy (non-hydrogen) atoms. The summed E-state index contributed by atoms with van der Waals surface area (Å²) in [5.74, 6) is 0. The van der Waals surface area contributed by atoms with E-state index >= 15 is 0 Å². The molecule has 0 saturated heterocycles. The molecule has 1 aromatic carbocycles. The maximum atomic E-state index is 12.5. The summed E-state index contributed by atoms with van der Waals surface area (Å²) in [6.07, 6.45) is 0. The van der Waals surface area contributed by atoms with Gasteiger partial charge in [0.1, 0.15) is 0 Å². The largest absolute Gasteiger partial charge is 0.380 e. The second-order valence-electron chi connectivity index (χ2n) is 4.66. The van der Waals surface area contributed by atoms with E-state index in [1.54, 1.807) is 0 Å². The molecule has 5 heteroatoms. The lowest BCUT2D eigenvalue weighted by molar-refractivity contribution is 0.559. The Morgan fingerprint density at radius 2 is 1.88 bits per heavy atom. The van der Waals surface area contributed by atoms with E-state index in [2.05, 4.69) is 5.32 Å². The molecule has 0 bridgehead atoms. The highest BCUT2D eigenvalue weighted by atomic mass is 32.2. The molecule has 0 spiro atoms. The zero-order valence-electron chi connectivity index (χ0n) is 10.3. The van der Waals surface area contributed by atoms with Gasteiger partial charge in [0.05, 0.1) is 15.8 Å². The van der Waals surface area contributed by atoms with Crippen LogP contribution in [0.4, 0.5) is 5.69 Å². The van der Waals surface area contributed by atoms with Crippen molar-refractivity contribution in [2.75, 3.05) is 11.9 Å². The lowest BCUT2D eigenvalue weighted by atomic mass is 10.1. The molecule has 2 unspecified atom stereocenters. The van der Waals surface area contributed by atoms with Crippen LogP contribution in [0, 0.1) is 13.8 Å². The first-order valence-electron chi connectivity index (χ1n) is 5.70. The first-order chi connectivity index (χ1) is 7.89. The zero-order chi connectivity index (χ0) is 12.8. The van der Waals surface area contributed by atoms with E-state index in [1.807, 2.05) is 32.9 Å². The fourth-order valence-corrected chi connectivity index (χ4v) is 4.59. The van der Waals surface area contributed by atoms with Gasteiger partial charge in [-0.2, -0.15) is 0 Å². The standard InChI is InChI=1S/C12H18N2O2S/c1-7-4-5-8(2)12-11(7)14-9(3)10(6-13)17(12,15)16/h4-5,9-10,14H,6,13H2,1-3H3. The van der Waals surface area contributed by atoms with Crippen molar-refractivity contribution in [2.24, 2.45) is 5.73 Å². The van der Waals surface area contributed by atoms with Gasteiger partial charge >= 0.3 is 0 Å². The molecule has 0 aromatic heterocycles. The molecule has 1 aliphatic rings. The minimum absolute atomic E-state index is 0.142. The average molecular weight is 254 g/mol. The van der Waals surface area contributed by atoms with Gasteiger partial charge in [0.25, 0.3) is 0 Å². The van der Waals surface area contributed by atoms with Crippen LogP contribution in [0.3, 0.4) is 0 Å². The Labute approximate surface area is 102 Å². The monoisotopic (exact) mass is 254 g/mol. The number of nitrogens with two attached hydrogens (primary N) is 1. The molecule has 0 radical (unpaired) electrons. The topological polar surface area (TPSA) is 72.2 Å². The summed E-state index contributed by atoms with van der Waals surface area (Å²) in [6, 6.07) is 3.63. The van der Waals surface area contributed by atoms with Crippen molar-refractivity contribution in [2.45, 2.75) is 37.0 Å². The van der Waals surface area contributed by atoms with E-state index in [0.29, 0.717) is 4.90 Å². The third kappa shape index (κ3) is 1.73. The van der Waals surface area contributed by atoms with E-state index in [4.69, 9.17) is 5.73 Å². The third-order valence-electron chi connectivity index (χ3n) is 3.41. The van der Waals surface area contributed by atoms with Crippen molar-refractivity contribution < 1.29 is 8.42 Å². The van der Waals surface area contributed by atoms with Crippen molar-refractivity contribution in [1.29, 1.82) is 0 Å². The maximum absolute atomic E-state index is 12.5. The Hall–Kier alpha value is -1.07. The smallest absolute Gasteiger partial charge is 0.186 e. The zero-order valence-corrected chi connectivity index (χ0v) is 11.1. The number of anilines is 1. The van der Waals surface area contributed by atoms with Gasteiger partial charge in [0, 0.05) is 12.6 Å². The minimum Gasteiger partial charge on any atom is -0.380 e. The molecule has 0 fully saturated rings. The summed E-state index contributed by atoms with van der Waals surface area (Å²) in [4.78, 5) is 0.422.